The third-order valence-electron chi connectivity index (χ3n) is 4.56. The average molecular weight is 453 g/mol. The summed E-state index contributed by atoms with van der Waals surface area (Å²) < 4.78 is 69.0. The fourth-order valence-electron chi connectivity index (χ4n) is 3.02. The Morgan fingerprint density at radius 2 is 2.24 bits per heavy atom. The van der Waals surface area contributed by atoms with E-state index in [4.69, 9.17) is 13.0 Å². The minimum absolute atomic E-state index is 0.0121. The molecule has 2 aromatic carbocycles. The van der Waals surface area contributed by atoms with Crippen LogP contribution in [0, 0.1) is 24.1 Å². The van der Waals surface area contributed by atoms with Crippen LogP contribution in [0.2, 0.25) is 0 Å². The summed E-state index contributed by atoms with van der Waals surface area (Å²) in [6, 6.07) is 5.13. The molecule has 33 heavy (non-hydrogen) atoms. The number of nitrogens with zero attached hydrogens (tertiary/aromatic N) is 3. The van der Waals surface area contributed by atoms with Crippen LogP contribution in [0.1, 0.15) is 31.8 Å². The van der Waals surface area contributed by atoms with Crippen molar-refractivity contribution in [3.8, 4) is 11.8 Å². The maximum Gasteiger partial charge on any atom is 0.159 e. The van der Waals surface area contributed by atoms with E-state index in [0.29, 0.717) is 11.3 Å². The fraction of sp³-hybridized carbons (Fsp3) is 0.269. The molecule has 170 valence electrons. The van der Waals surface area contributed by atoms with E-state index in [-0.39, 0.29) is 46.4 Å². The number of anilines is 2. The smallest absolute Gasteiger partial charge is 0.159 e. The fourth-order valence-corrected chi connectivity index (χ4v) is 3.02. The molecule has 1 heterocycles. The Kier molecular flexibility index (Phi) is 5.46. The van der Waals surface area contributed by atoms with Gasteiger partial charge in [-0.2, -0.15) is 5.26 Å². The summed E-state index contributed by atoms with van der Waals surface area (Å²) in [6.45, 7) is 0.532. The van der Waals surface area contributed by atoms with Gasteiger partial charge in [-0.05, 0) is 63.8 Å². The summed E-state index contributed by atoms with van der Waals surface area (Å²) in [5.41, 5.74) is 0.00760. The largest absolute Gasteiger partial charge is 0.494 e. The molecule has 3 aromatic rings. The molecule has 0 radical (unpaired) electrons. The number of ketones is 1. The molecule has 0 aliphatic rings. The standard InChI is InChI=1S/C26H27FN4O2/c1-5-33-25-14-24-22(13-18(25)12-21(32)7-6-10-31(3)4)26(19(15-28)16-29-24)30-20-8-9-23(27)17(2)11-20/h6-9,11,13-14,16H,5,10,12H2,1-4H3,(H,29,30)/b7-6+/i5D2,6D,13D,14D,16D. The number of carbonyl (C=O) groups is 1. The number of nitriles is 1. The zero-order valence-electron chi connectivity index (χ0n) is 24.8. The third kappa shape index (κ3) is 5.93. The molecule has 0 unspecified atom stereocenters. The third-order valence-corrected chi connectivity index (χ3v) is 4.56. The van der Waals surface area contributed by atoms with Crippen molar-refractivity contribution in [1.82, 2.24) is 9.88 Å². The molecular weight excluding hydrogens is 419 g/mol. The highest BCUT2D eigenvalue weighted by Gasteiger charge is 2.16. The molecule has 0 saturated carbocycles. The van der Waals surface area contributed by atoms with Gasteiger partial charge in [-0.15, -0.1) is 0 Å². The van der Waals surface area contributed by atoms with Crippen LogP contribution < -0.4 is 10.1 Å². The van der Waals surface area contributed by atoms with Crippen LogP contribution in [0.3, 0.4) is 0 Å². The van der Waals surface area contributed by atoms with Gasteiger partial charge in [0.1, 0.15) is 17.6 Å². The van der Waals surface area contributed by atoms with Gasteiger partial charge in [-0.3, -0.25) is 9.78 Å². The van der Waals surface area contributed by atoms with Gasteiger partial charge in [-0.25, -0.2) is 4.39 Å². The first-order valence-corrected chi connectivity index (χ1v) is 10.1. The van der Waals surface area contributed by atoms with Crippen LogP contribution in [0.15, 0.2) is 48.6 Å². The number of pyridine rings is 1. The first-order chi connectivity index (χ1) is 18.1. The molecule has 0 spiro atoms. The lowest BCUT2D eigenvalue weighted by Gasteiger charge is -2.15. The summed E-state index contributed by atoms with van der Waals surface area (Å²) in [7, 11) is 3.47. The van der Waals surface area contributed by atoms with E-state index in [1.807, 2.05) is 6.07 Å². The maximum absolute atomic E-state index is 13.9. The molecule has 0 saturated heterocycles. The van der Waals surface area contributed by atoms with Gasteiger partial charge in [-0.1, -0.05) is 6.05 Å². The minimum atomic E-state index is -2.29. The highest BCUT2D eigenvalue weighted by molar-refractivity contribution is 5.98. The molecule has 0 aliphatic carbocycles. The van der Waals surface area contributed by atoms with Crippen LogP contribution in [-0.4, -0.2) is 42.9 Å². The van der Waals surface area contributed by atoms with Crippen LogP contribution in [0.5, 0.6) is 5.75 Å². The number of nitrogens with one attached hydrogen (secondary N) is 1. The van der Waals surface area contributed by atoms with E-state index in [2.05, 4.69) is 10.3 Å². The van der Waals surface area contributed by atoms with Crippen molar-refractivity contribution < 1.29 is 22.1 Å². The SMILES string of the molecule is [2H]/C(=C\C(=O)Cc1c(OC([2H])([2H])C)c([2H])c2nc([2H])c(C#N)c(Nc3ccc(F)c(C)c3)c2c1[2H])CN(C)C. The molecule has 0 amide bonds. The van der Waals surface area contributed by atoms with Gasteiger partial charge in [0.25, 0.3) is 0 Å². The topological polar surface area (TPSA) is 78.2 Å². The van der Waals surface area contributed by atoms with Crippen LogP contribution in [0.25, 0.3) is 10.9 Å². The Morgan fingerprint density at radius 3 is 2.91 bits per heavy atom. The number of hydrogen-bond donors (Lipinski definition) is 1. The molecular formula is C26H27FN4O2. The number of benzene rings is 2. The summed E-state index contributed by atoms with van der Waals surface area (Å²) in [6.07, 6.45) is 0.0878. The number of aromatic nitrogens is 1. The molecule has 6 nitrogen and oxygen atoms in total. The van der Waals surface area contributed by atoms with Crippen LogP contribution >= 0.6 is 0 Å². The highest BCUT2D eigenvalue weighted by atomic mass is 19.1. The van der Waals surface area contributed by atoms with Gasteiger partial charge in [0.05, 0.1) is 31.6 Å². The van der Waals surface area contributed by atoms with Crippen LogP contribution in [-0.2, 0) is 11.2 Å². The van der Waals surface area contributed by atoms with E-state index < -0.39 is 42.5 Å². The first kappa shape index (κ1) is 16.8. The van der Waals surface area contributed by atoms with Gasteiger partial charge >= 0.3 is 0 Å². The Balaban J connectivity index is 2.34. The second-order valence-electron chi connectivity index (χ2n) is 7.49. The summed E-state index contributed by atoms with van der Waals surface area (Å²) in [5, 5.41) is 12.7. The van der Waals surface area contributed by atoms with Crippen molar-refractivity contribution in [2.45, 2.75) is 20.3 Å². The number of ether oxygens (including phenoxy) is 1. The lowest BCUT2D eigenvalue weighted by molar-refractivity contribution is -0.114. The molecule has 0 bridgehead atoms. The minimum Gasteiger partial charge on any atom is -0.494 e. The zero-order chi connectivity index (χ0) is 29.2. The number of aryl methyl sites for hydroxylation is 1. The quantitative estimate of drug-likeness (QED) is 0.464. The van der Waals surface area contributed by atoms with E-state index >= 15 is 0 Å². The number of carbonyl (C=O) groups excluding carboxylic acids is 1. The highest BCUT2D eigenvalue weighted by Crippen LogP contribution is 2.34. The Bertz CT molecular complexity index is 1530. The number of fused-ring (bicyclic) bond motifs is 1. The molecule has 0 fully saturated rings. The number of allylic oxidation sites excluding steroid dienone is 1. The van der Waals surface area contributed by atoms with Gasteiger partial charge < -0.3 is 15.0 Å². The van der Waals surface area contributed by atoms with Crippen LogP contribution in [0.4, 0.5) is 15.8 Å². The Hall–Kier alpha value is -3.76. The number of likely N-dealkylation sites (N-methyl/N-ethyl adjacent to an activating group) is 1. The van der Waals surface area contributed by atoms with Gasteiger partial charge in [0.15, 0.2) is 5.78 Å². The van der Waals surface area contributed by atoms with Crippen molar-refractivity contribution in [2.24, 2.45) is 0 Å². The number of hydrogen-bond acceptors (Lipinski definition) is 6. The molecule has 0 atom stereocenters. The maximum atomic E-state index is 13.9. The van der Waals surface area contributed by atoms with E-state index in [1.165, 1.54) is 18.2 Å². The molecule has 3 rings (SSSR count). The van der Waals surface area contributed by atoms with E-state index in [0.717, 1.165) is 13.0 Å². The van der Waals surface area contributed by atoms with Crippen molar-refractivity contribution in [2.75, 3.05) is 32.5 Å². The summed E-state index contributed by atoms with van der Waals surface area (Å²) >= 11 is 0. The monoisotopic (exact) mass is 452 g/mol. The summed E-state index contributed by atoms with van der Waals surface area (Å²) in [5.74, 6) is -1.44. The van der Waals surface area contributed by atoms with Crippen molar-refractivity contribution in [3.63, 3.8) is 0 Å². The average Bonchev–Trinajstić information content (AvgIpc) is 2.80. The lowest BCUT2D eigenvalue weighted by atomic mass is 10.0. The molecule has 1 aromatic heterocycles. The lowest BCUT2D eigenvalue weighted by Crippen LogP contribution is -2.11. The van der Waals surface area contributed by atoms with E-state index in [9.17, 15) is 14.4 Å². The molecule has 7 heteroatoms. The summed E-state index contributed by atoms with van der Waals surface area (Å²) in [4.78, 5) is 18.6. The van der Waals surface area contributed by atoms with Gasteiger partial charge in [0.2, 0.25) is 0 Å². The van der Waals surface area contributed by atoms with Crippen molar-refractivity contribution in [3.05, 3.63) is 71.1 Å². The van der Waals surface area contributed by atoms with Crippen molar-refractivity contribution >= 4 is 28.1 Å². The normalized spacial score (nSPS) is 14.5. The second kappa shape index (κ2) is 10.7. The van der Waals surface area contributed by atoms with E-state index in [1.54, 1.807) is 25.9 Å². The zero-order valence-corrected chi connectivity index (χ0v) is 18.8. The predicted molar refractivity (Wildman–Crippen MR) is 128 cm³/mol. The number of halogens is 1. The predicted octanol–water partition coefficient (Wildman–Crippen LogP) is 4.93. The second-order valence-corrected chi connectivity index (χ2v) is 7.49. The molecule has 0 aliphatic heterocycles. The van der Waals surface area contributed by atoms with Crippen molar-refractivity contribution in [1.29, 1.82) is 5.26 Å². The Morgan fingerprint density at radius 1 is 1.45 bits per heavy atom. The molecule has 1 N–H and O–H groups in total. The Labute approximate surface area is 201 Å². The number of rotatable bonds is 9. The van der Waals surface area contributed by atoms with Gasteiger partial charge in [0, 0.05) is 41.8 Å². The first-order valence-electron chi connectivity index (χ1n) is 13.1.